The first-order chi connectivity index (χ1) is 15.7. The molecule has 33 heavy (non-hydrogen) atoms. The summed E-state index contributed by atoms with van der Waals surface area (Å²) in [6, 6.07) is 10.8. The highest BCUT2D eigenvalue weighted by Gasteiger charge is 2.31. The van der Waals surface area contributed by atoms with E-state index in [1.807, 2.05) is 26.0 Å². The molecule has 0 saturated heterocycles. The molecule has 0 amide bonds. The van der Waals surface area contributed by atoms with Crippen LogP contribution in [0.25, 0.3) is 11.3 Å². The number of benzene rings is 1. The second-order valence-electron chi connectivity index (χ2n) is 7.75. The normalized spacial score (nSPS) is 12.5. The second kappa shape index (κ2) is 11.0. The zero-order valence-electron chi connectivity index (χ0n) is 18.3. The molecule has 10 heteroatoms. The molecule has 0 aliphatic rings. The van der Waals surface area contributed by atoms with E-state index < -0.39 is 6.36 Å². The van der Waals surface area contributed by atoms with E-state index in [-0.39, 0.29) is 30.3 Å². The fraction of sp³-hybridized carbons (Fsp3) is 0.348. The highest BCUT2D eigenvalue weighted by atomic mass is 19.4. The van der Waals surface area contributed by atoms with Crippen molar-refractivity contribution in [3.8, 4) is 17.0 Å². The number of hydrogen-bond acceptors (Lipinski definition) is 7. The molecule has 0 fully saturated rings. The molecule has 0 aliphatic heterocycles. The lowest BCUT2D eigenvalue weighted by Crippen LogP contribution is -2.30. The number of aliphatic hydroxyl groups is 1. The summed E-state index contributed by atoms with van der Waals surface area (Å²) < 4.78 is 42.0. The van der Waals surface area contributed by atoms with Crippen LogP contribution in [0.3, 0.4) is 0 Å². The van der Waals surface area contributed by atoms with E-state index in [2.05, 4.69) is 30.3 Å². The van der Waals surface area contributed by atoms with Gasteiger partial charge >= 0.3 is 6.36 Å². The summed E-state index contributed by atoms with van der Waals surface area (Å²) in [6.07, 6.45) is -0.624. The van der Waals surface area contributed by atoms with E-state index in [4.69, 9.17) is 0 Å². The van der Waals surface area contributed by atoms with E-state index in [1.54, 1.807) is 24.5 Å². The molecule has 1 aromatic carbocycles. The van der Waals surface area contributed by atoms with Gasteiger partial charge in [-0.1, -0.05) is 26.0 Å². The lowest BCUT2D eigenvalue weighted by atomic mass is 10.1. The van der Waals surface area contributed by atoms with E-state index in [0.29, 0.717) is 23.6 Å². The number of alkyl halides is 3. The number of hydrogen-bond donors (Lipinski definition) is 3. The smallest absolute Gasteiger partial charge is 0.406 e. The second-order valence-corrected chi connectivity index (χ2v) is 7.75. The van der Waals surface area contributed by atoms with Crippen molar-refractivity contribution < 1.29 is 23.0 Å². The van der Waals surface area contributed by atoms with Crippen molar-refractivity contribution in [3.05, 3.63) is 60.4 Å². The van der Waals surface area contributed by atoms with Crippen LogP contribution >= 0.6 is 0 Å². The largest absolute Gasteiger partial charge is 0.573 e. The highest BCUT2D eigenvalue weighted by Crippen LogP contribution is 2.29. The van der Waals surface area contributed by atoms with Crippen LogP contribution in [0.1, 0.15) is 19.4 Å². The number of halogens is 3. The maximum absolute atomic E-state index is 12.6. The van der Waals surface area contributed by atoms with E-state index in [9.17, 15) is 18.3 Å². The Labute approximate surface area is 190 Å². The Morgan fingerprint density at radius 2 is 1.82 bits per heavy atom. The van der Waals surface area contributed by atoms with Crippen molar-refractivity contribution in [2.24, 2.45) is 5.92 Å². The van der Waals surface area contributed by atoms with Crippen LogP contribution in [-0.4, -0.2) is 45.6 Å². The van der Waals surface area contributed by atoms with Gasteiger partial charge in [0.2, 0.25) is 5.95 Å². The predicted octanol–water partition coefficient (Wildman–Crippen LogP) is 4.52. The first-order valence-electron chi connectivity index (χ1n) is 10.5. The quantitative estimate of drug-likeness (QED) is 0.409. The lowest BCUT2D eigenvalue weighted by Gasteiger charge is -2.21. The third kappa shape index (κ3) is 7.60. The average Bonchev–Trinajstić information content (AvgIpc) is 2.77. The SMILES string of the molecule is CC(C)[C@H](CO)Nc1nc(NCCc2ccncc2)cc(-c2cccc(OC(F)(F)F)c2)n1. The summed E-state index contributed by atoms with van der Waals surface area (Å²) in [6.45, 7) is 4.35. The molecule has 0 spiro atoms. The van der Waals surface area contributed by atoms with Crippen molar-refractivity contribution in [3.63, 3.8) is 0 Å². The zero-order valence-corrected chi connectivity index (χ0v) is 18.3. The molecule has 0 bridgehead atoms. The van der Waals surface area contributed by atoms with Crippen molar-refractivity contribution in [2.75, 3.05) is 23.8 Å². The van der Waals surface area contributed by atoms with Gasteiger partial charge in [0.1, 0.15) is 11.6 Å². The van der Waals surface area contributed by atoms with Crippen LogP contribution in [0.2, 0.25) is 0 Å². The Morgan fingerprint density at radius 1 is 1.06 bits per heavy atom. The molecule has 3 N–H and O–H groups in total. The van der Waals surface area contributed by atoms with Crippen LogP contribution in [-0.2, 0) is 6.42 Å². The number of anilines is 2. The van der Waals surface area contributed by atoms with Gasteiger partial charge in [-0.25, -0.2) is 4.98 Å². The fourth-order valence-corrected chi connectivity index (χ4v) is 3.08. The molecule has 3 aromatic rings. The standard InChI is InChI=1S/C23H26F3N5O2/c1-15(2)20(14-32)30-22-29-19(17-4-3-5-18(12-17)33-23(24,25)26)13-21(31-22)28-11-8-16-6-9-27-10-7-16/h3-7,9-10,12-13,15,20,32H,8,11,14H2,1-2H3,(H2,28,29,30,31)/t20-/m0/s1. The summed E-state index contributed by atoms with van der Waals surface area (Å²) >= 11 is 0. The summed E-state index contributed by atoms with van der Waals surface area (Å²) in [5.41, 5.74) is 1.94. The number of aliphatic hydroxyl groups excluding tert-OH is 1. The molecule has 2 aromatic heterocycles. The number of pyridine rings is 1. The third-order valence-corrected chi connectivity index (χ3v) is 4.87. The number of ether oxygens (including phenoxy) is 1. The van der Waals surface area contributed by atoms with Gasteiger partial charge in [0.05, 0.1) is 18.3 Å². The minimum absolute atomic E-state index is 0.105. The van der Waals surface area contributed by atoms with Crippen LogP contribution in [0.15, 0.2) is 54.9 Å². The summed E-state index contributed by atoms with van der Waals surface area (Å²) in [7, 11) is 0. The molecule has 0 aliphatic carbocycles. The zero-order chi connectivity index (χ0) is 23.8. The summed E-state index contributed by atoms with van der Waals surface area (Å²) in [4.78, 5) is 12.9. The van der Waals surface area contributed by atoms with Gasteiger partial charge in [-0.3, -0.25) is 4.98 Å². The number of aromatic nitrogens is 3. The maximum atomic E-state index is 12.6. The van der Waals surface area contributed by atoms with Crippen molar-refractivity contribution in [1.82, 2.24) is 15.0 Å². The van der Waals surface area contributed by atoms with Gasteiger partial charge in [-0.2, -0.15) is 4.98 Å². The average molecular weight is 461 g/mol. The molecule has 0 saturated carbocycles. The minimum atomic E-state index is -4.79. The Balaban J connectivity index is 1.87. The Hall–Kier alpha value is -3.40. The topological polar surface area (TPSA) is 92.2 Å². The van der Waals surface area contributed by atoms with Gasteiger partial charge in [-0.05, 0) is 42.2 Å². The molecule has 1 atom stereocenters. The van der Waals surface area contributed by atoms with Gasteiger partial charge in [0.25, 0.3) is 0 Å². The Morgan fingerprint density at radius 3 is 2.48 bits per heavy atom. The minimum Gasteiger partial charge on any atom is -0.406 e. The lowest BCUT2D eigenvalue weighted by molar-refractivity contribution is -0.274. The van der Waals surface area contributed by atoms with Gasteiger partial charge in [-0.15, -0.1) is 13.2 Å². The molecule has 176 valence electrons. The van der Waals surface area contributed by atoms with Crippen molar-refractivity contribution in [2.45, 2.75) is 32.7 Å². The number of nitrogens with one attached hydrogen (secondary N) is 2. The van der Waals surface area contributed by atoms with Crippen LogP contribution in [0.4, 0.5) is 24.9 Å². The van der Waals surface area contributed by atoms with E-state index in [1.165, 1.54) is 18.2 Å². The summed E-state index contributed by atoms with van der Waals surface area (Å²) in [5, 5.41) is 16.0. The van der Waals surface area contributed by atoms with Crippen LogP contribution < -0.4 is 15.4 Å². The molecular formula is C23H26F3N5O2. The number of rotatable bonds is 10. The van der Waals surface area contributed by atoms with Gasteiger partial charge in [0.15, 0.2) is 0 Å². The molecular weight excluding hydrogens is 435 g/mol. The first-order valence-corrected chi connectivity index (χ1v) is 10.5. The molecule has 0 unspecified atom stereocenters. The van der Waals surface area contributed by atoms with E-state index in [0.717, 1.165) is 12.0 Å². The molecule has 2 heterocycles. The highest BCUT2D eigenvalue weighted by molar-refractivity contribution is 5.66. The van der Waals surface area contributed by atoms with Gasteiger partial charge in [0, 0.05) is 30.6 Å². The van der Waals surface area contributed by atoms with E-state index >= 15 is 0 Å². The Bertz CT molecular complexity index is 1030. The Kier molecular flexibility index (Phi) is 8.05. The van der Waals surface area contributed by atoms with Crippen molar-refractivity contribution in [1.29, 1.82) is 0 Å². The van der Waals surface area contributed by atoms with Crippen LogP contribution in [0, 0.1) is 5.92 Å². The third-order valence-electron chi connectivity index (χ3n) is 4.87. The monoisotopic (exact) mass is 461 g/mol. The van der Waals surface area contributed by atoms with Gasteiger partial charge < -0.3 is 20.5 Å². The molecule has 3 rings (SSSR count). The first kappa shape index (κ1) is 24.2. The molecule has 0 radical (unpaired) electrons. The molecule has 7 nitrogen and oxygen atoms in total. The fourth-order valence-electron chi connectivity index (χ4n) is 3.08. The summed E-state index contributed by atoms with van der Waals surface area (Å²) in [5.74, 6) is 0.526. The number of nitrogens with zero attached hydrogens (tertiary/aromatic N) is 3. The predicted molar refractivity (Wildman–Crippen MR) is 120 cm³/mol. The van der Waals surface area contributed by atoms with Crippen molar-refractivity contribution >= 4 is 11.8 Å². The van der Waals surface area contributed by atoms with Crippen LogP contribution in [0.5, 0.6) is 5.75 Å². The maximum Gasteiger partial charge on any atom is 0.573 e.